The Balaban J connectivity index is 1.87. The lowest BCUT2D eigenvalue weighted by molar-refractivity contribution is -0.00349. The fourth-order valence-corrected chi connectivity index (χ4v) is 3.50. The van der Waals surface area contributed by atoms with Crippen LogP contribution in [0.15, 0.2) is 22.9 Å². The Morgan fingerprint density at radius 1 is 1.53 bits per heavy atom. The summed E-state index contributed by atoms with van der Waals surface area (Å²) in [4.78, 5) is 19.7. The molecule has 6 heteroatoms. The van der Waals surface area contributed by atoms with Gasteiger partial charge in [-0.1, -0.05) is 6.07 Å². The second kappa shape index (κ2) is 5.40. The van der Waals surface area contributed by atoms with Crippen molar-refractivity contribution in [3.8, 4) is 0 Å². The van der Waals surface area contributed by atoms with Gasteiger partial charge in [-0.25, -0.2) is 4.98 Å². The summed E-state index contributed by atoms with van der Waals surface area (Å²) in [7, 11) is 0. The van der Waals surface area contributed by atoms with Crippen LogP contribution in [-0.4, -0.2) is 35.5 Å². The van der Waals surface area contributed by atoms with E-state index in [1.807, 2.05) is 34.7 Å². The van der Waals surface area contributed by atoms with Crippen LogP contribution in [0.1, 0.15) is 26.4 Å². The van der Waals surface area contributed by atoms with Gasteiger partial charge < -0.3 is 9.64 Å². The van der Waals surface area contributed by atoms with Gasteiger partial charge in [0.05, 0.1) is 34.8 Å². The smallest absolute Gasteiger partial charge is 0.264 e. The summed E-state index contributed by atoms with van der Waals surface area (Å²) in [5.74, 6) is 0.0777. The van der Waals surface area contributed by atoms with Crippen LogP contribution >= 0.6 is 22.7 Å². The molecule has 3 rings (SSSR count). The number of nitrogens with zero attached hydrogens (tertiary/aromatic N) is 2. The molecule has 0 spiro atoms. The summed E-state index contributed by atoms with van der Waals surface area (Å²) in [5.41, 5.74) is 0.937. The third-order valence-corrected chi connectivity index (χ3v) is 4.75. The highest BCUT2D eigenvalue weighted by Crippen LogP contribution is 2.27. The molecule has 1 atom stereocenters. The molecule has 4 nitrogen and oxygen atoms in total. The van der Waals surface area contributed by atoms with E-state index in [1.54, 1.807) is 11.3 Å². The van der Waals surface area contributed by atoms with Crippen molar-refractivity contribution in [2.75, 3.05) is 19.8 Å². The van der Waals surface area contributed by atoms with E-state index in [0.717, 1.165) is 15.6 Å². The highest BCUT2D eigenvalue weighted by molar-refractivity contribution is 7.12. The monoisotopic (exact) mass is 294 g/mol. The number of hydrogen-bond acceptors (Lipinski definition) is 5. The van der Waals surface area contributed by atoms with Crippen LogP contribution < -0.4 is 0 Å². The fraction of sp³-hybridized carbons (Fsp3) is 0.385. The Hall–Kier alpha value is -1.24. The summed E-state index contributed by atoms with van der Waals surface area (Å²) in [5, 5.41) is 4.96. The van der Waals surface area contributed by atoms with Gasteiger partial charge >= 0.3 is 0 Å². The number of thiazole rings is 1. The molecule has 100 valence electrons. The van der Waals surface area contributed by atoms with Gasteiger partial charge in [0, 0.05) is 11.9 Å². The van der Waals surface area contributed by atoms with Crippen molar-refractivity contribution in [2.24, 2.45) is 0 Å². The van der Waals surface area contributed by atoms with Gasteiger partial charge in [-0.05, 0) is 18.4 Å². The molecule has 1 amide bonds. The first-order chi connectivity index (χ1) is 9.25. The van der Waals surface area contributed by atoms with Crippen LogP contribution in [0, 0.1) is 6.92 Å². The molecule has 0 radical (unpaired) electrons. The van der Waals surface area contributed by atoms with Gasteiger partial charge in [0.1, 0.15) is 0 Å². The molecule has 0 N–H and O–H groups in total. The maximum absolute atomic E-state index is 12.5. The van der Waals surface area contributed by atoms with Crippen molar-refractivity contribution >= 4 is 28.6 Å². The van der Waals surface area contributed by atoms with Crippen LogP contribution in [0.25, 0.3) is 0 Å². The van der Waals surface area contributed by atoms with Gasteiger partial charge in [0.15, 0.2) is 0 Å². The summed E-state index contributed by atoms with van der Waals surface area (Å²) in [6, 6.07) is 3.71. The van der Waals surface area contributed by atoms with Crippen LogP contribution in [0.5, 0.6) is 0 Å². The summed E-state index contributed by atoms with van der Waals surface area (Å²) < 4.78 is 5.52. The van der Waals surface area contributed by atoms with Crippen molar-refractivity contribution in [3.05, 3.63) is 38.5 Å². The topological polar surface area (TPSA) is 42.4 Å². The molecule has 2 aromatic heterocycles. The molecule has 0 aliphatic carbocycles. The Bertz CT molecular complexity index is 565. The minimum atomic E-state index is -0.0618. The van der Waals surface area contributed by atoms with Crippen molar-refractivity contribution < 1.29 is 9.53 Å². The molecular weight excluding hydrogens is 280 g/mol. The lowest BCUT2D eigenvalue weighted by atomic mass is 10.1. The quantitative estimate of drug-likeness (QED) is 0.855. The Morgan fingerprint density at radius 3 is 3.11 bits per heavy atom. The predicted octanol–water partition coefficient (Wildman–Crippen LogP) is 2.73. The summed E-state index contributed by atoms with van der Waals surface area (Å²) in [6.45, 7) is 3.72. The maximum Gasteiger partial charge on any atom is 0.264 e. The Labute approximate surface area is 119 Å². The third kappa shape index (κ3) is 2.56. The summed E-state index contributed by atoms with van der Waals surface area (Å²) >= 11 is 3.08. The van der Waals surface area contributed by atoms with E-state index < -0.39 is 0 Å². The minimum Gasteiger partial charge on any atom is -0.377 e. The largest absolute Gasteiger partial charge is 0.377 e. The SMILES string of the molecule is Cc1nc([C@@H]2COCCN2C(=O)c2cccs2)cs1. The Kier molecular flexibility index (Phi) is 3.63. The first-order valence-electron chi connectivity index (χ1n) is 6.10. The Morgan fingerprint density at radius 2 is 2.42 bits per heavy atom. The zero-order valence-corrected chi connectivity index (χ0v) is 12.2. The van der Waals surface area contributed by atoms with Gasteiger partial charge in [0.25, 0.3) is 5.91 Å². The molecule has 1 aliphatic rings. The number of carbonyl (C=O) groups excluding carboxylic acids is 1. The van der Waals surface area contributed by atoms with Crippen molar-refractivity contribution in [3.63, 3.8) is 0 Å². The summed E-state index contributed by atoms with van der Waals surface area (Å²) in [6.07, 6.45) is 0. The van der Waals surface area contributed by atoms with E-state index in [9.17, 15) is 4.79 Å². The lowest BCUT2D eigenvalue weighted by Crippen LogP contribution is -2.43. The molecule has 1 saturated heterocycles. The second-order valence-electron chi connectivity index (χ2n) is 4.36. The molecule has 19 heavy (non-hydrogen) atoms. The van der Waals surface area contributed by atoms with Crippen molar-refractivity contribution in [1.82, 2.24) is 9.88 Å². The van der Waals surface area contributed by atoms with E-state index in [4.69, 9.17) is 4.74 Å². The number of thiophene rings is 1. The van der Waals surface area contributed by atoms with E-state index in [-0.39, 0.29) is 11.9 Å². The molecule has 0 unspecified atom stereocenters. The van der Waals surface area contributed by atoms with E-state index >= 15 is 0 Å². The van der Waals surface area contributed by atoms with Crippen LogP contribution in [0.4, 0.5) is 0 Å². The molecule has 0 aromatic carbocycles. The van der Waals surface area contributed by atoms with Gasteiger partial charge in [-0.3, -0.25) is 4.79 Å². The van der Waals surface area contributed by atoms with E-state index in [1.165, 1.54) is 11.3 Å². The number of aromatic nitrogens is 1. The van der Waals surface area contributed by atoms with Gasteiger partial charge in [0.2, 0.25) is 0 Å². The van der Waals surface area contributed by atoms with Gasteiger partial charge in [-0.15, -0.1) is 22.7 Å². The molecular formula is C13H14N2O2S2. The third-order valence-electron chi connectivity index (χ3n) is 3.10. The number of carbonyl (C=O) groups is 1. The normalized spacial score (nSPS) is 19.6. The number of morpholine rings is 1. The maximum atomic E-state index is 12.5. The van der Waals surface area contributed by atoms with Gasteiger partial charge in [-0.2, -0.15) is 0 Å². The molecule has 0 saturated carbocycles. The van der Waals surface area contributed by atoms with Crippen LogP contribution in [0.2, 0.25) is 0 Å². The molecule has 1 aliphatic heterocycles. The number of rotatable bonds is 2. The average molecular weight is 294 g/mol. The molecule has 2 aromatic rings. The van der Waals surface area contributed by atoms with Crippen LogP contribution in [0.3, 0.4) is 0 Å². The highest BCUT2D eigenvalue weighted by Gasteiger charge is 2.31. The number of ether oxygens (including phenoxy) is 1. The average Bonchev–Trinajstić information content (AvgIpc) is 3.09. The molecule has 0 bridgehead atoms. The van der Waals surface area contributed by atoms with Crippen molar-refractivity contribution in [1.29, 1.82) is 0 Å². The molecule has 1 fully saturated rings. The second-order valence-corrected chi connectivity index (χ2v) is 6.37. The van der Waals surface area contributed by atoms with E-state index in [2.05, 4.69) is 4.98 Å². The fourth-order valence-electron chi connectivity index (χ4n) is 2.17. The predicted molar refractivity (Wildman–Crippen MR) is 75.8 cm³/mol. The highest BCUT2D eigenvalue weighted by atomic mass is 32.1. The standard InChI is InChI=1S/C13H14N2O2S2/c1-9-14-10(8-19-9)11-7-17-5-4-15(11)13(16)12-3-2-6-18-12/h2-3,6,8,11H,4-5,7H2,1H3/t11-/m0/s1. The lowest BCUT2D eigenvalue weighted by Gasteiger charge is -2.34. The van der Waals surface area contributed by atoms with E-state index in [0.29, 0.717) is 19.8 Å². The first kappa shape index (κ1) is 12.8. The van der Waals surface area contributed by atoms with Crippen LogP contribution in [-0.2, 0) is 4.74 Å². The minimum absolute atomic E-state index is 0.0618. The van der Waals surface area contributed by atoms with Crippen molar-refractivity contribution in [2.45, 2.75) is 13.0 Å². The molecule has 3 heterocycles. The zero-order valence-electron chi connectivity index (χ0n) is 10.5. The number of amides is 1. The first-order valence-corrected chi connectivity index (χ1v) is 7.86. The number of hydrogen-bond donors (Lipinski definition) is 0. The zero-order chi connectivity index (χ0) is 13.2. The number of aryl methyl sites for hydroxylation is 1.